The lowest BCUT2D eigenvalue weighted by Crippen LogP contribution is -2.30. The van der Waals surface area contributed by atoms with Gasteiger partial charge in [0.25, 0.3) is 0 Å². The van der Waals surface area contributed by atoms with Crippen LogP contribution in [0.4, 0.5) is 0 Å². The zero-order valence-electron chi connectivity index (χ0n) is 12.9. The van der Waals surface area contributed by atoms with Crippen LogP contribution in [0.2, 0.25) is 0 Å². The van der Waals surface area contributed by atoms with Crippen molar-refractivity contribution < 1.29 is 4.74 Å². The minimum absolute atomic E-state index is 0.241. The van der Waals surface area contributed by atoms with Crippen molar-refractivity contribution in [3.63, 3.8) is 0 Å². The van der Waals surface area contributed by atoms with Crippen LogP contribution in [0.3, 0.4) is 0 Å². The summed E-state index contributed by atoms with van der Waals surface area (Å²) in [5, 5.41) is 9.40. The first-order chi connectivity index (χ1) is 10.3. The summed E-state index contributed by atoms with van der Waals surface area (Å²) in [4.78, 5) is 4.70. The third kappa shape index (κ3) is 3.05. The summed E-state index contributed by atoms with van der Waals surface area (Å²) >= 11 is 0. The topological polar surface area (TPSA) is 45.9 Å². The number of pyridine rings is 1. The van der Waals surface area contributed by atoms with E-state index in [1.165, 1.54) is 37.7 Å². The zero-order valence-corrected chi connectivity index (χ0v) is 12.9. The molecular formula is C18H24N2O. The number of nitrogens with zero attached hydrogens (tertiary/aromatic N) is 2. The van der Waals surface area contributed by atoms with Crippen LogP contribution in [0.25, 0.3) is 0 Å². The van der Waals surface area contributed by atoms with Crippen LogP contribution >= 0.6 is 0 Å². The Labute approximate surface area is 127 Å². The molecule has 0 aliphatic heterocycles. The van der Waals surface area contributed by atoms with Gasteiger partial charge in [-0.25, -0.2) is 4.98 Å². The predicted octanol–water partition coefficient (Wildman–Crippen LogP) is 4.18. The fourth-order valence-corrected chi connectivity index (χ4v) is 3.72. The number of nitriles is 1. The first-order valence-electron chi connectivity index (χ1n) is 8.41. The summed E-state index contributed by atoms with van der Waals surface area (Å²) in [6.07, 6.45) is 10.8. The number of hydrogen-bond donors (Lipinski definition) is 0. The number of fused-ring (bicyclic) bond motifs is 1. The van der Waals surface area contributed by atoms with Gasteiger partial charge in [0.15, 0.2) is 0 Å². The maximum Gasteiger partial charge on any atom is 0.232 e. The van der Waals surface area contributed by atoms with Gasteiger partial charge in [0.1, 0.15) is 17.7 Å². The van der Waals surface area contributed by atoms with E-state index in [0.717, 1.165) is 31.4 Å². The Morgan fingerprint density at radius 1 is 1.24 bits per heavy atom. The molecule has 1 aromatic rings. The molecule has 0 saturated heterocycles. The van der Waals surface area contributed by atoms with Crippen LogP contribution in [0, 0.1) is 17.2 Å². The van der Waals surface area contributed by atoms with Gasteiger partial charge in [-0.05, 0) is 68.9 Å². The molecule has 21 heavy (non-hydrogen) atoms. The van der Waals surface area contributed by atoms with Crippen molar-refractivity contribution in [2.24, 2.45) is 5.92 Å². The van der Waals surface area contributed by atoms with Gasteiger partial charge in [-0.1, -0.05) is 13.3 Å². The highest BCUT2D eigenvalue weighted by Gasteiger charge is 2.27. The highest BCUT2D eigenvalue weighted by atomic mass is 16.5. The molecule has 2 aliphatic rings. The Morgan fingerprint density at radius 3 is 2.86 bits per heavy atom. The molecule has 0 amide bonds. The van der Waals surface area contributed by atoms with E-state index in [1.807, 2.05) is 6.07 Å². The molecule has 1 aromatic heterocycles. The number of hydrogen-bond acceptors (Lipinski definition) is 3. The molecule has 2 atom stereocenters. The molecule has 1 heterocycles. The van der Waals surface area contributed by atoms with Gasteiger partial charge in [0.2, 0.25) is 5.88 Å². The van der Waals surface area contributed by atoms with E-state index in [1.54, 1.807) is 0 Å². The molecule has 3 rings (SSSR count). The minimum atomic E-state index is 0.241. The fourth-order valence-electron chi connectivity index (χ4n) is 3.72. The average Bonchev–Trinajstić information content (AvgIpc) is 2.54. The standard InChI is InChI=1S/C18H24N2O/c1-2-13-7-4-6-10-17(13)21-18-15(12-19)11-14-8-3-5-9-16(14)20-18/h11,13,17H,2-10H2,1H3. The molecule has 0 aromatic carbocycles. The molecular weight excluding hydrogens is 260 g/mol. The summed E-state index contributed by atoms with van der Waals surface area (Å²) in [6, 6.07) is 4.30. The van der Waals surface area contributed by atoms with Crippen molar-refractivity contribution in [1.29, 1.82) is 5.26 Å². The van der Waals surface area contributed by atoms with E-state index in [0.29, 0.717) is 17.4 Å². The maximum atomic E-state index is 9.40. The molecule has 1 fully saturated rings. The van der Waals surface area contributed by atoms with Crippen molar-refractivity contribution in [1.82, 2.24) is 4.98 Å². The van der Waals surface area contributed by atoms with Crippen molar-refractivity contribution in [3.8, 4) is 11.9 Å². The minimum Gasteiger partial charge on any atom is -0.473 e. The SMILES string of the molecule is CCC1CCCCC1Oc1nc2c(cc1C#N)CCCC2. The van der Waals surface area contributed by atoms with E-state index < -0.39 is 0 Å². The summed E-state index contributed by atoms with van der Waals surface area (Å²) in [6.45, 7) is 2.23. The van der Waals surface area contributed by atoms with Crippen LogP contribution in [0.5, 0.6) is 5.88 Å². The lowest BCUT2D eigenvalue weighted by molar-refractivity contribution is 0.0852. The van der Waals surface area contributed by atoms with Gasteiger partial charge >= 0.3 is 0 Å². The highest BCUT2D eigenvalue weighted by Crippen LogP contribution is 2.32. The second-order valence-electron chi connectivity index (χ2n) is 6.37. The third-order valence-electron chi connectivity index (χ3n) is 5.01. The molecule has 1 saturated carbocycles. The van der Waals surface area contributed by atoms with E-state index in [2.05, 4.69) is 13.0 Å². The normalized spacial score (nSPS) is 25.0. The number of ether oxygens (including phenoxy) is 1. The molecule has 3 nitrogen and oxygen atoms in total. The Bertz CT molecular complexity index is 547. The van der Waals surface area contributed by atoms with Crippen LogP contribution in [0.15, 0.2) is 6.07 Å². The third-order valence-corrected chi connectivity index (χ3v) is 5.01. The predicted molar refractivity (Wildman–Crippen MR) is 82.3 cm³/mol. The van der Waals surface area contributed by atoms with Gasteiger partial charge in [-0.3, -0.25) is 0 Å². The molecule has 3 heteroatoms. The van der Waals surface area contributed by atoms with Gasteiger partial charge in [0.05, 0.1) is 0 Å². The second-order valence-corrected chi connectivity index (χ2v) is 6.37. The van der Waals surface area contributed by atoms with E-state index in [-0.39, 0.29) is 6.10 Å². The van der Waals surface area contributed by atoms with Crippen molar-refractivity contribution >= 4 is 0 Å². The quantitative estimate of drug-likeness (QED) is 0.836. The Morgan fingerprint density at radius 2 is 2.05 bits per heavy atom. The Kier molecular flexibility index (Phi) is 4.43. The number of aromatic nitrogens is 1. The maximum absolute atomic E-state index is 9.40. The van der Waals surface area contributed by atoms with E-state index >= 15 is 0 Å². The first-order valence-corrected chi connectivity index (χ1v) is 8.41. The van der Waals surface area contributed by atoms with Gasteiger partial charge in [-0.2, -0.15) is 5.26 Å². The molecule has 112 valence electrons. The van der Waals surface area contributed by atoms with Crippen molar-refractivity contribution in [2.45, 2.75) is 70.8 Å². The molecule has 0 radical (unpaired) electrons. The summed E-state index contributed by atoms with van der Waals surface area (Å²) in [5.41, 5.74) is 3.02. The monoisotopic (exact) mass is 284 g/mol. The second kappa shape index (κ2) is 6.47. The van der Waals surface area contributed by atoms with Gasteiger partial charge in [-0.15, -0.1) is 0 Å². The van der Waals surface area contributed by atoms with Gasteiger partial charge < -0.3 is 4.74 Å². The van der Waals surface area contributed by atoms with Crippen LogP contribution in [0.1, 0.15) is 68.7 Å². The van der Waals surface area contributed by atoms with Crippen molar-refractivity contribution in [2.75, 3.05) is 0 Å². The first kappa shape index (κ1) is 14.4. The number of rotatable bonds is 3. The smallest absolute Gasteiger partial charge is 0.232 e. The average molecular weight is 284 g/mol. The molecule has 0 spiro atoms. The van der Waals surface area contributed by atoms with Crippen LogP contribution in [-0.2, 0) is 12.8 Å². The van der Waals surface area contributed by atoms with Crippen LogP contribution in [-0.4, -0.2) is 11.1 Å². The summed E-state index contributed by atoms with van der Waals surface area (Å²) in [5.74, 6) is 1.20. The van der Waals surface area contributed by atoms with Crippen molar-refractivity contribution in [3.05, 3.63) is 22.9 Å². The largest absolute Gasteiger partial charge is 0.473 e. The molecule has 2 aliphatic carbocycles. The number of aryl methyl sites for hydroxylation is 2. The summed E-state index contributed by atoms with van der Waals surface area (Å²) in [7, 11) is 0. The molecule has 0 bridgehead atoms. The molecule has 2 unspecified atom stereocenters. The lowest BCUT2D eigenvalue weighted by atomic mass is 9.85. The van der Waals surface area contributed by atoms with E-state index in [4.69, 9.17) is 9.72 Å². The molecule has 0 N–H and O–H groups in total. The lowest BCUT2D eigenvalue weighted by Gasteiger charge is -2.31. The zero-order chi connectivity index (χ0) is 14.7. The highest BCUT2D eigenvalue weighted by molar-refractivity contribution is 5.43. The van der Waals surface area contributed by atoms with Crippen LogP contribution < -0.4 is 4.74 Å². The summed E-state index contributed by atoms with van der Waals surface area (Å²) < 4.78 is 6.21. The Balaban J connectivity index is 1.85. The van der Waals surface area contributed by atoms with Gasteiger partial charge in [0, 0.05) is 5.69 Å². The van der Waals surface area contributed by atoms with E-state index in [9.17, 15) is 5.26 Å². The Hall–Kier alpha value is -1.56. The fraction of sp³-hybridized carbons (Fsp3) is 0.667.